The van der Waals surface area contributed by atoms with Gasteiger partial charge < -0.3 is 14.2 Å². The number of esters is 1. The lowest BCUT2D eigenvalue weighted by Gasteiger charge is -2.10. The largest absolute Gasteiger partial charge is 0.491 e. The summed E-state index contributed by atoms with van der Waals surface area (Å²) in [5.41, 5.74) is 2.95. The molecule has 1 aliphatic heterocycles. The van der Waals surface area contributed by atoms with Gasteiger partial charge in [0, 0.05) is 12.7 Å². The SMILES string of the molecule is COCCOc1ccc(C2C(=O)Oc3ccc(C)cc32)cc1. The summed E-state index contributed by atoms with van der Waals surface area (Å²) < 4.78 is 15.8. The fraction of sp³-hybridized carbons (Fsp3) is 0.278. The summed E-state index contributed by atoms with van der Waals surface area (Å²) in [5, 5.41) is 0. The molecular weight excluding hydrogens is 280 g/mol. The first kappa shape index (κ1) is 14.6. The molecular formula is C18H18O4. The van der Waals surface area contributed by atoms with E-state index in [4.69, 9.17) is 14.2 Å². The van der Waals surface area contributed by atoms with Crippen molar-refractivity contribution in [3.05, 3.63) is 59.2 Å². The predicted molar refractivity (Wildman–Crippen MR) is 82.5 cm³/mol. The van der Waals surface area contributed by atoms with Gasteiger partial charge in [0.05, 0.1) is 6.61 Å². The van der Waals surface area contributed by atoms with E-state index in [2.05, 4.69) is 0 Å². The zero-order valence-corrected chi connectivity index (χ0v) is 12.7. The molecule has 1 heterocycles. The van der Waals surface area contributed by atoms with Crippen LogP contribution in [0.1, 0.15) is 22.6 Å². The van der Waals surface area contributed by atoms with E-state index >= 15 is 0 Å². The molecule has 4 nitrogen and oxygen atoms in total. The van der Waals surface area contributed by atoms with Gasteiger partial charge in [-0.1, -0.05) is 29.8 Å². The van der Waals surface area contributed by atoms with Crippen molar-refractivity contribution in [2.75, 3.05) is 20.3 Å². The molecule has 0 saturated carbocycles. The van der Waals surface area contributed by atoms with Crippen LogP contribution in [-0.2, 0) is 9.53 Å². The minimum Gasteiger partial charge on any atom is -0.491 e. The van der Waals surface area contributed by atoms with Crippen LogP contribution in [0.4, 0.5) is 0 Å². The third kappa shape index (κ3) is 2.83. The maximum atomic E-state index is 12.2. The molecule has 0 N–H and O–H groups in total. The average Bonchev–Trinajstić information content (AvgIpc) is 2.84. The molecule has 4 heteroatoms. The first-order chi connectivity index (χ1) is 10.7. The van der Waals surface area contributed by atoms with E-state index in [1.54, 1.807) is 7.11 Å². The van der Waals surface area contributed by atoms with Gasteiger partial charge in [0.25, 0.3) is 0 Å². The van der Waals surface area contributed by atoms with Crippen LogP contribution in [0.15, 0.2) is 42.5 Å². The minimum atomic E-state index is -0.358. The van der Waals surface area contributed by atoms with Crippen LogP contribution in [0.3, 0.4) is 0 Å². The van der Waals surface area contributed by atoms with Gasteiger partial charge >= 0.3 is 5.97 Å². The normalized spacial score (nSPS) is 16.3. The zero-order valence-electron chi connectivity index (χ0n) is 12.7. The Balaban J connectivity index is 1.83. The Morgan fingerprint density at radius 2 is 1.86 bits per heavy atom. The van der Waals surface area contributed by atoms with Crippen molar-refractivity contribution in [2.24, 2.45) is 0 Å². The number of hydrogen-bond donors (Lipinski definition) is 0. The second-order valence-electron chi connectivity index (χ2n) is 5.31. The van der Waals surface area contributed by atoms with E-state index in [-0.39, 0.29) is 11.9 Å². The summed E-state index contributed by atoms with van der Waals surface area (Å²) in [6, 6.07) is 13.4. The molecule has 2 aromatic carbocycles. The Morgan fingerprint density at radius 1 is 1.09 bits per heavy atom. The molecule has 0 aromatic heterocycles. The molecule has 0 aliphatic carbocycles. The second kappa shape index (κ2) is 6.20. The van der Waals surface area contributed by atoms with Crippen molar-refractivity contribution >= 4 is 5.97 Å². The number of benzene rings is 2. The fourth-order valence-corrected chi connectivity index (χ4v) is 2.60. The molecule has 0 spiro atoms. The summed E-state index contributed by atoms with van der Waals surface area (Å²) in [5.74, 6) is 0.828. The summed E-state index contributed by atoms with van der Waals surface area (Å²) in [7, 11) is 1.64. The van der Waals surface area contributed by atoms with Crippen LogP contribution < -0.4 is 9.47 Å². The van der Waals surface area contributed by atoms with Gasteiger partial charge in [-0.05, 0) is 30.7 Å². The van der Waals surface area contributed by atoms with E-state index in [0.29, 0.717) is 19.0 Å². The number of ether oxygens (including phenoxy) is 3. The summed E-state index contributed by atoms with van der Waals surface area (Å²) in [4.78, 5) is 12.2. The van der Waals surface area contributed by atoms with E-state index in [1.807, 2.05) is 49.4 Å². The predicted octanol–water partition coefficient (Wildman–Crippen LogP) is 3.07. The molecule has 0 amide bonds. The number of methoxy groups -OCH3 is 1. The number of hydrogen-bond acceptors (Lipinski definition) is 4. The third-order valence-corrected chi connectivity index (χ3v) is 3.69. The van der Waals surface area contributed by atoms with Crippen LogP contribution >= 0.6 is 0 Å². The second-order valence-corrected chi connectivity index (χ2v) is 5.31. The molecule has 0 fully saturated rings. The Morgan fingerprint density at radius 3 is 2.59 bits per heavy atom. The lowest BCUT2D eigenvalue weighted by molar-refractivity contribution is -0.133. The number of rotatable bonds is 5. The van der Waals surface area contributed by atoms with Crippen molar-refractivity contribution in [3.8, 4) is 11.5 Å². The molecule has 2 aromatic rings. The monoisotopic (exact) mass is 298 g/mol. The topological polar surface area (TPSA) is 44.8 Å². The summed E-state index contributed by atoms with van der Waals surface area (Å²) in [6.45, 7) is 3.06. The average molecular weight is 298 g/mol. The number of aryl methyl sites for hydroxylation is 1. The standard InChI is InChI=1S/C18H18O4/c1-12-3-8-16-15(11-12)17(18(19)22-16)13-4-6-14(7-5-13)21-10-9-20-2/h3-8,11,17H,9-10H2,1-2H3. The third-order valence-electron chi connectivity index (χ3n) is 3.69. The van der Waals surface area contributed by atoms with Crippen molar-refractivity contribution in [1.82, 2.24) is 0 Å². The van der Waals surface area contributed by atoms with Crippen molar-refractivity contribution < 1.29 is 19.0 Å². The Bertz CT molecular complexity index is 676. The van der Waals surface area contributed by atoms with Crippen LogP contribution in [0.5, 0.6) is 11.5 Å². The number of carbonyl (C=O) groups excluding carboxylic acids is 1. The van der Waals surface area contributed by atoms with Gasteiger partial charge in [-0.2, -0.15) is 0 Å². The van der Waals surface area contributed by atoms with Crippen molar-refractivity contribution in [3.63, 3.8) is 0 Å². The first-order valence-corrected chi connectivity index (χ1v) is 7.23. The molecule has 1 atom stereocenters. The number of carbonyl (C=O) groups is 1. The van der Waals surface area contributed by atoms with E-state index in [1.165, 1.54) is 0 Å². The van der Waals surface area contributed by atoms with Crippen LogP contribution in [0.25, 0.3) is 0 Å². The molecule has 1 aliphatic rings. The highest BCUT2D eigenvalue weighted by atomic mass is 16.5. The van der Waals surface area contributed by atoms with Crippen molar-refractivity contribution in [2.45, 2.75) is 12.8 Å². The summed E-state index contributed by atoms with van der Waals surface area (Å²) >= 11 is 0. The molecule has 1 unspecified atom stereocenters. The molecule has 114 valence electrons. The summed E-state index contributed by atoms with van der Waals surface area (Å²) in [6.07, 6.45) is 0. The Labute approximate surface area is 129 Å². The Hall–Kier alpha value is -2.33. The smallest absolute Gasteiger partial charge is 0.323 e. The van der Waals surface area contributed by atoms with Gasteiger partial charge in [-0.3, -0.25) is 4.79 Å². The molecule has 0 saturated heterocycles. The van der Waals surface area contributed by atoms with Crippen LogP contribution in [0.2, 0.25) is 0 Å². The van der Waals surface area contributed by atoms with Gasteiger partial charge in [-0.15, -0.1) is 0 Å². The highest BCUT2D eigenvalue weighted by Crippen LogP contribution is 2.39. The zero-order chi connectivity index (χ0) is 15.5. The highest BCUT2D eigenvalue weighted by molar-refractivity contribution is 5.89. The van der Waals surface area contributed by atoms with Gasteiger partial charge in [-0.25, -0.2) is 0 Å². The van der Waals surface area contributed by atoms with Gasteiger partial charge in [0.2, 0.25) is 0 Å². The molecule has 22 heavy (non-hydrogen) atoms. The van der Waals surface area contributed by atoms with E-state index in [0.717, 1.165) is 22.4 Å². The molecule has 3 rings (SSSR count). The Kier molecular flexibility index (Phi) is 4.11. The van der Waals surface area contributed by atoms with Crippen LogP contribution in [-0.4, -0.2) is 26.3 Å². The highest BCUT2D eigenvalue weighted by Gasteiger charge is 2.34. The lowest BCUT2D eigenvalue weighted by atomic mass is 9.92. The fourth-order valence-electron chi connectivity index (χ4n) is 2.60. The lowest BCUT2D eigenvalue weighted by Crippen LogP contribution is -2.11. The number of fused-ring (bicyclic) bond motifs is 1. The quantitative estimate of drug-likeness (QED) is 0.483. The molecule has 0 bridgehead atoms. The van der Waals surface area contributed by atoms with Crippen molar-refractivity contribution in [1.29, 1.82) is 0 Å². The first-order valence-electron chi connectivity index (χ1n) is 7.23. The van der Waals surface area contributed by atoms with Crippen LogP contribution in [0, 0.1) is 6.92 Å². The maximum Gasteiger partial charge on any atom is 0.323 e. The minimum absolute atomic E-state index is 0.228. The van der Waals surface area contributed by atoms with Gasteiger partial charge in [0.1, 0.15) is 24.0 Å². The maximum absolute atomic E-state index is 12.2. The van der Waals surface area contributed by atoms with E-state index in [9.17, 15) is 4.79 Å². The molecule has 0 radical (unpaired) electrons. The van der Waals surface area contributed by atoms with E-state index < -0.39 is 0 Å². The van der Waals surface area contributed by atoms with Gasteiger partial charge in [0.15, 0.2) is 0 Å².